The van der Waals surface area contributed by atoms with Gasteiger partial charge in [0.25, 0.3) is 0 Å². The molecule has 0 N–H and O–H groups in total. The minimum atomic E-state index is -0.357. The molecule has 2 nitrogen and oxygen atoms in total. The first kappa shape index (κ1) is 21.9. The predicted molar refractivity (Wildman–Crippen MR) is 126 cm³/mol. The summed E-state index contributed by atoms with van der Waals surface area (Å²) >= 11 is 0. The molecule has 0 atom stereocenters. The van der Waals surface area contributed by atoms with Crippen molar-refractivity contribution in [3.63, 3.8) is 0 Å². The van der Waals surface area contributed by atoms with Gasteiger partial charge in [-0.25, -0.2) is 4.79 Å². The number of hydrogen-bond acceptors (Lipinski definition) is 2. The molecule has 154 valence electrons. The van der Waals surface area contributed by atoms with Crippen molar-refractivity contribution in [1.29, 1.82) is 0 Å². The monoisotopic (exact) mass is 406 g/mol. The molecule has 0 fully saturated rings. The van der Waals surface area contributed by atoms with Gasteiger partial charge in [0, 0.05) is 23.1 Å². The van der Waals surface area contributed by atoms with Gasteiger partial charge in [0.2, 0.25) is 0 Å². The van der Waals surface area contributed by atoms with Crippen LogP contribution in [0.2, 0.25) is 0 Å². The number of ether oxygens (including phenoxy) is 1. The fraction of sp³-hybridized carbons (Fsp3) is 0.207. The lowest BCUT2D eigenvalue weighted by Gasteiger charge is -2.05. The summed E-state index contributed by atoms with van der Waals surface area (Å²) in [6, 6.07) is 22.7. The Morgan fingerprint density at radius 1 is 0.710 bits per heavy atom. The van der Waals surface area contributed by atoms with Gasteiger partial charge in [-0.05, 0) is 79.1 Å². The van der Waals surface area contributed by atoms with E-state index in [9.17, 15) is 4.79 Å². The zero-order chi connectivity index (χ0) is 21.9. The van der Waals surface area contributed by atoms with Crippen molar-refractivity contribution in [2.24, 2.45) is 0 Å². The number of rotatable bonds is 5. The third kappa shape index (κ3) is 6.91. The van der Waals surface area contributed by atoms with E-state index in [0.717, 1.165) is 42.4 Å². The fourth-order valence-corrected chi connectivity index (χ4v) is 2.94. The maximum Gasteiger partial charge on any atom is 0.343 e. The van der Waals surface area contributed by atoms with E-state index in [1.165, 1.54) is 5.56 Å². The van der Waals surface area contributed by atoms with Gasteiger partial charge >= 0.3 is 5.97 Å². The van der Waals surface area contributed by atoms with Crippen molar-refractivity contribution in [3.05, 3.63) is 101 Å². The van der Waals surface area contributed by atoms with Crippen LogP contribution in [0.5, 0.6) is 5.75 Å². The van der Waals surface area contributed by atoms with E-state index in [1.54, 1.807) is 12.1 Å². The van der Waals surface area contributed by atoms with E-state index in [1.807, 2.05) is 60.7 Å². The van der Waals surface area contributed by atoms with Gasteiger partial charge in [0.1, 0.15) is 5.75 Å². The van der Waals surface area contributed by atoms with Crippen molar-refractivity contribution in [2.75, 3.05) is 0 Å². The van der Waals surface area contributed by atoms with E-state index < -0.39 is 0 Å². The number of hydrogen-bond donors (Lipinski definition) is 0. The Hall–Kier alpha value is -3.75. The average molecular weight is 407 g/mol. The molecule has 0 aliphatic rings. The van der Waals surface area contributed by atoms with E-state index in [0.29, 0.717) is 11.3 Å². The molecular formula is C29H26O2. The lowest BCUT2D eigenvalue weighted by Crippen LogP contribution is -2.08. The summed E-state index contributed by atoms with van der Waals surface area (Å²) in [5.74, 6) is 12.7. The highest BCUT2D eigenvalue weighted by molar-refractivity contribution is 5.91. The molecule has 0 aromatic heterocycles. The standard InChI is InChI=1S/C29H26O2/c1-3-5-6-8-24-9-11-25(12-10-24)13-14-26-17-21-28(22-18-26)31-29(30)27-19-15-23(7-4-2)16-20-27/h9-12,15-22H,3-5,7H2,1-2H3. The van der Waals surface area contributed by atoms with Gasteiger partial charge in [-0.2, -0.15) is 0 Å². The zero-order valence-corrected chi connectivity index (χ0v) is 18.1. The molecule has 0 amide bonds. The molecule has 0 spiro atoms. The van der Waals surface area contributed by atoms with Crippen molar-refractivity contribution in [1.82, 2.24) is 0 Å². The molecule has 0 saturated carbocycles. The number of carbonyl (C=O) groups is 1. The molecule has 0 aliphatic heterocycles. The van der Waals surface area contributed by atoms with Crippen LogP contribution in [0.3, 0.4) is 0 Å². The summed E-state index contributed by atoms with van der Waals surface area (Å²) in [4.78, 5) is 12.3. The second-order valence-electron chi connectivity index (χ2n) is 7.24. The third-order valence-corrected chi connectivity index (χ3v) is 4.64. The Morgan fingerprint density at radius 3 is 1.81 bits per heavy atom. The summed E-state index contributed by atoms with van der Waals surface area (Å²) in [5, 5.41) is 0. The first-order valence-electron chi connectivity index (χ1n) is 10.7. The van der Waals surface area contributed by atoms with Gasteiger partial charge in [-0.3, -0.25) is 0 Å². The number of esters is 1. The molecule has 3 rings (SSSR count). The Morgan fingerprint density at radius 2 is 1.26 bits per heavy atom. The van der Waals surface area contributed by atoms with Crippen molar-refractivity contribution < 1.29 is 9.53 Å². The molecule has 0 aliphatic carbocycles. The molecule has 31 heavy (non-hydrogen) atoms. The predicted octanol–water partition coefficient (Wildman–Crippen LogP) is 6.41. The minimum absolute atomic E-state index is 0.357. The average Bonchev–Trinajstić information content (AvgIpc) is 2.80. The normalized spacial score (nSPS) is 9.74. The molecular weight excluding hydrogens is 380 g/mol. The van der Waals surface area contributed by atoms with Gasteiger partial charge in [-0.1, -0.05) is 56.1 Å². The highest BCUT2D eigenvalue weighted by Gasteiger charge is 2.08. The quantitative estimate of drug-likeness (QED) is 0.278. The maximum absolute atomic E-state index is 12.3. The molecule has 2 heteroatoms. The number of benzene rings is 3. The van der Waals surface area contributed by atoms with Crippen LogP contribution in [0, 0.1) is 23.7 Å². The van der Waals surface area contributed by atoms with E-state index in [-0.39, 0.29) is 5.97 Å². The summed E-state index contributed by atoms with van der Waals surface area (Å²) in [5.41, 5.74) is 4.57. The van der Waals surface area contributed by atoms with E-state index in [4.69, 9.17) is 4.74 Å². The molecule has 3 aromatic carbocycles. The Kier molecular flexibility index (Phi) is 8.10. The van der Waals surface area contributed by atoms with Crippen molar-refractivity contribution in [3.8, 4) is 29.4 Å². The van der Waals surface area contributed by atoms with E-state index in [2.05, 4.69) is 37.5 Å². The van der Waals surface area contributed by atoms with Gasteiger partial charge in [-0.15, -0.1) is 0 Å². The van der Waals surface area contributed by atoms with E-state index >= 15 is 0 Å². The lowest BCUT2D eigenvalue weighted by molar-refractivity contribution is 0.0734. The van der Waals surface area contributed by atoms with Crippen LogP contribution in [0.15, 0.2) is 72.8 Å². The SMILES string of the molecule is CCCC#Cc1ccc(C#Cc2ccc(OC(=O)c3ccc(CCC)cc3)cc2)cc1. The summed E-state index contributed by atoms with van der Waals surface area (Å²) in [6.07, 6.45) is 4.08. The van der Waals surface area contributed by atoms with Crippen LogP contribution >= 0.6 is 0 Å². The van der Waals surface area contributed by atoms with Crippen LogP contribution in [0.4, 0.5) is 0 Å². The van der Waals surface area contributed by atoms with Crippen LogP contribution in [0.25, 0.3) is 0 Å². The Labute approximate surface area is 185 Å². The molecule has 0 radical (unpaired) electrons. The maximum atomic E-state index is 12.3. The van der Waals surface area contributed by atoms with Gasteiger partial charge < -0.3 is 4.74 Å². The number of unbranched alkanes of at least 4 members (excludes halogenated alkanes) is 1. The number of carbonyl (C=O) groups excluding carboxylic acids is 1. The van der Waals surface area contributed by atoms with Crippen LogP contribution in [-0.4, -0.2) is 5.97 Å². The Balaban J connectivity index is 1.59. The molecule has 3 aromatic rings. The van der Waals surface area contributed by atoms with Crippen molar-refractivity contribution >= 4 is 5.97 Å². The summed E-state index contributed by atoms with van der Waals surface area (Å²) in [6.45, 7) is 4.26. The van der Waals surface area contributed by atoms with Crippen LogP contribution in [-0.2, 0) is 6.42 Å². The Bertz CT molecular complexity index is 1110. The molecule has 0 heterocycles. The highest BCUT2D eigenvalue weighted by atomic mass is 16.5. The largest absolute Gasteiger partial charge is 0.423 e. The highest BCUT2D eigenvalue weighted by Crippen LogP contribution is 2.15. The smallest absolute Gasteiger partial charge is 0.343 e. The van der Waals surface area contributed by atoms with Gasteiger partial charge in [0.15, 0.2) is 0 Å². The summed E-state index contributed by atoms with van der Waals surface area (Å²) in [7, 11) is 0. The molecule has 0 unspecified atom stereocenters. The first-order valence-corrected chi connectivity index (χ1v) is 10.7. The zero-order valence-electron chi connectivity index (χ0n) is 18.1. The first-order chi connectivity index (χ1) is 15.2. The second kappa shape index (κ2) is 11.4. The molecule has 0 saturated heterocycles. The second-order valence-corrected chi connectivity index (χ2v) is 7.24. The van der Waals surface area contributed by atoms with Crippen molar-refractivity contribution in [2.45, 2.75) is 39.5 Å². The minimum Gasteiger partial charge on any atom is -0.423 e. The van der Waals surface area contributed by atoms with Crippen LogP contribution in [0.1, 0.15) is 65.7 Å². The van der Waals surface area contributed by atoms with Gasteiger partial charge in [0.05, 0.1) is 5.56 Å². The fourth-order valence-electron chi connectivity index (χ4n) is 2.94. The molecule has 0 bridgehead atoms. The number of aryl methyl sites for hydroxylation is 1. The van der Waals surface area contributed by atoms with Crippen LogP contribution < -0.4 is 4.74 Å². The third-order valence-electron chi connectivity index (χ3n) is 4.64. The lowest BCUT2D eigenvalue weighted by atomic mass is 10.1. The summed E-state index contributed by atoms with van der Waals surface area (Å²) < 4.78 is 5.47. The topological polar surface area (TPSA) is 26.3 Å².